The summed E-state index contributed by atoms with van der Waals surface area (Å²) in [5.74, 6) is 0. The van der Waals surface area contributed by atoms with E-state index in [-0.39, 0.29) is 4.88 Å². The van der Waals surface area contributed by atoms with Gasteiger partial charge in [0.25, 0.3) is 0 Å². The summed E-state index contributed by atoms with van der Waals surface area (Å²) in [6, 6.07) is 8.34. The second kappa shape index (κ2) is 3.46. The molecule has 0 spiro atoms. The highest BCUT2D eigenvalue weighted by molar-refractivity contribution is 7.19. The smallest absolute Gasteiger partial charge is 0.376 e. The van der Waals surface area contributed by atoms with Crippen LogP contribution in [0.4, 0.5) is 13.2 Å². The highest BCUT2D eigenvalue weighted by Crippen LogP contribution is 2.42. The maximum Gasteiger partial charge on any atom is 0.421 e. The maximum atomic E-state index is 12.6. The molecule has 5 heteroatoms. The molecule has 1 aromatic carbocycles. The second-order valence-corrected chi connectivity index (χ2v) is 4.80. The Morgan fingerprint density at radius 3 is 2.38 bits per heavy atom. The van der Waals surface area contributed by atoms with Crippen LogP contribution in [0.3, 0.4) is 0 Å². The van der Waals surface area contributed by atoms with Crippen molar-refractivity contribution in [2.75, 3.05) is 0 Å². The average molecular weight is 246 g/mol. The van der Waals surface area contributed by atoms with Gasteiger partial charge in [-0.05, 0) is 24.4 Å². The van der Waals surface area contributed by atoms with Crippen molar-refractivity contribution in [2.24, 2.45) is 0 Å². The van der Waals surface area contributed by atoms with Gasteiger partial charge in [0.15, 0.2) is 5.60 Å². The number of hydrogen-bond donors (Lipinski definition) is 1. The molecule has 16 heavy (non-hydrogen) atoms. The van der Waals surface area contributed by atoms with Crippen LogP contribution >= 0.6 is 11.3 Å². The molecule has 1 aromatic heterocycles. The van der Waals surface area contributed by atoms with Gasteiger partial charge in [-0.1, -0.05) is 18.2 Å². The first kappa shape index (κ1) is 11.4. The van der Waals surface area contributed by atoms with E-state index in [0.29, 0.717) is 5.39 Å². The lowest BCUT2D eigenvalue weighted by Gasteiger charge is -2.24. The molecule has 86 valence electrons. The lowest BCUT2D eigenvalue weighted by Crippen LogP contribution is -2.38. The predicted octanol–water partition coefficient (Wildman–Crippen LogP) is 3.67. The number of hydrogen-bond acceptors (Lipinski definition) is 2. The van der Waals surface area contributed by atoms with E-state index in [0.717, 1.165) is 23.0 Å². The monoisotopic (exact) mass is 246 g/mol. The van der Waals surface area contributed by atoms with Crippen LogP contribution < -0.4 is 0 Å². The highest BCUT2D eigenvalue weighted by atomic mass is 32.1. The zero-order valence-corrected chi connectivity index (χ0v) is 9.19. The molecular formula is C11H9F3OS. The fourth-order valence-corrected chi connectivity index (χ4v) is 2.49. The standard InChI is InChI=1S/C11H9F3OS/c1-10(15,11(12,13)14)9-6-7-4-2-3-5-8(7)16-9/h2-6,15H,1H3. The van der Waals surface area contributed by atoms with Gasteiger partial charge in [-0.3, -0.25) is 0 Å². The van der Waals surface area contributed by atoms with Gasteiger partial charge in [0.2, 0.25) is 0 Å². The molecule has 0 amide bonds. The fraction of sp³-hybridized carbons (Fsp3) is 0.273. The third kappa shape index (κ3) is 1.70. The van der Waals surface area contributed by atoms with Crippen molar-refractivity contribution in [1.29, 1.82) is 0 Å². The van der Waals surface area contributed by atoms with Crippen molar-refractivity contribution in [3.05, 3.63) is 35.2 Å². The Balaban J connectivity index is 2.56. The van der Waals surface area contributed by atoms with E-state index in [9.17, 15) is 18.3 Å². The fourth-order valence-electron chi connectivity index (χ4n) is 1.36. The SMILES string of the molecule is CC(O)(c1cc2ccccc2s1)C(F)(F)F. The summed E-state index contributed by atoms with van der Waals surface area (Å²) in [7, 11) is 0. The van der Waals surface area contributed by atoms with Crippen molar-refractivity contribution < 1.29 is 18.3 Å². The number of aliphatic hydroxyl groups is 1. The van der Waals surface area contributed by atoms with Crippen molar-refractivity contribution in [3.63, 3.8) is 0 Å². The normalized spacial score (nSPS) is 16.3. The predicted molar refractivity (Wildman–Crippen MR) is 57.5 cm³/mol. The van der Waals surface area contributed by atoms with Gasteiger partial charge in [-0.2, -0.15) is 13.2 Å². The molecule has 1 N–H and O–H groups in total. The molecule has 0 radical (unpaired) electrons. The number of rotatable bonds is 1. The first-order chi connectivity index (χ1) is 7.32. The Labute approximate surface area is 94.1 Å². The van der Waals surface area contributed by atoms with Crippen molar-refractivity contribution in [3.8, 4) is 0 Å². The van der Waals surface area contributed by atoms with E-state index < -0.39 is 11.8 Å². The highest BCUT2D eigenvalue weighted by Gasteiger charge is 2.52. The minimum absolute atomic E-state index is 0.0822. The molecule has 0 aliphatic heterocycles. The number of benzene rings is 1. The van der Waals surface area contributed by atoms with Gasteiger partial charge in [0, 0.05) is 9.58 Å². The van der Waals surface area contributed by atoms with E-state index in [2.05, 4.69) is 0 Å². The summed E-state index contributed by atoms with van der Waals surface area (Å²) in [4.78, 5) is -0.0822. The number of alkyl halides is 3. The number of fused-ring (bicyclic) bond motifs is 1. The summed E-state index contributed by atoms with van der Waals surface area (Å²) >= 11 is 0.961. The molecule has 1 heterocycles. The molecule has 0 bridgehead atoms. The minimum Gasteiger partial charge on any atom is -0.376 e. The minimum atomic E-state index is -4.66. The Hall–Kier alpha value is -1.07. The first-order valence-corrected chi connectivity index (χ1v) is 5.42. The zero-order chi connectivity index (χ0) is 12.0. The maximum absolute atomic E-state index is 12.6. The Bertz CT molecular complexity index is 480. The van der Waals surface area contributed by atoms with E-state index in [1.165, 1.54) is 6.07 Å². The summed E-state index contributed by atoms with van der Waals surface area (Å²) in [6.07, 6.45) is -4.66. The molecular weight excluding hydrogens is 237 g/mol. The Kier molecular flexibility index (Phi) is 2.47. The Morgan fingerprint density at radius 1 is 1.19 bits per heavy atom. The van der Waals surface area contributed by atoms with Crippen LogP contribution in [0.1, 0.15) is 11.8 Å². The molecule has 0 fully saturated rings. The van der Waals surface area contributed by atoms with Crippen LogP contribution in [-0.4, -0.2) is 11.3 Å². The van der Waals surface area contributed by atoms with Crippen LogP contribution in [-0.2, 0) is 5.60 Å². The largest absolute Gasteiger partial charge is 0.421 e. The number of halogens is 3. The van der Waals surface area contributed by atoms with E-state index in [1.54, 1.807) is 24.3 Å². The third-order valence-electron chi connectivity index (χ3n) is 2.46. The van der Waals surface area contributed by atoms with Gasteiger partial charge in [-0.25, -0.2) is 0 Å². The van der Waals surface area contributed by atoms with Gasteiger partial charge >= 0.3 is 6.18 Å². The lowest BCUT2D eigenvalue weighted by atomic mass is 10.0. The van der Waals surface area contributed by atoms with Crippen molar-refractivity contribution in [2.45, 2.75) is 18.7 Å². The van der Waals surface area contributed by atoms with E-state index in [4.69, 9.17) is 0 Å². The lowest BCUT2D eigenvalue weighted by molar-refractivity contribution is -0.257. The van der Waals surface area contributed by atoms with Crippen LogP contribution in [0, 0.1) is 0 Å². The molecule has 0 aliphatic carbocycles. The van der Waals surface area contributed by atoms with E-state index in [1.807, 2.05) is 0 Å². The van der Waals surface area contributed by atoms with Gasteiger partial charge in [-0.15, -0.1) is 11.3 Å². The summed E-state index contributed by atoms with van der Waals surface area (Å²) in [5, 5.41) is 10.2. The Morgan fingerprint density at radius 2 is 1.81 bits per heavy atom. The summed E-state index contributed by atoms with van der Waals surface area (Å²) in [6.45, 7) is 0.776. The summed E-state index contributed by atoms with van der Waals surface area (Å²) < 4.78 is 38.6. The second-order valence-electron chi connectivity index (χ2n) is 3.72. The van der Waals surface area contributed by atoms with Gasteiger partial charge in [0.1, 0.15) is 0 Å². The van der Waals surface area contributed by atoms with Crippen LogP contribution in [0.5, 0.6) is 0 Å². The molecule has 0 aliphatic rings. The molecule has 2 aromatic rings. The number of thiophene rings is 1. The molecule has 1 unspecified atom stereocenters. The van der Waals surface area contributed by atoms with Crippen LogP contribution in [0.15, 0.2) is 30.3 Å². The molecule has 0 saturated carbocycles. The average Bonchev–Trinajstić information content (AvgIpc) is 2.59. The van der Waals surface area contributed by atoms with Crippen molar-refractivity contribution >= 4 is 21.4 Å². The summed E-state index contributed by atoms with van der Waals surface area (Å²) in [5.41, 5.74) is -2.78. The molecule has 2 rings (SSSR count). The van der Waals surface area contributed by atoms with E-state index >= 15 is 0 Å². The topological polar surface area (TPSA) is 20.2 Å². The van der Waals surface area contributed by atoms with Crippen molar-refractivity contribution in [1.82, 2.24) is 0 Å². The molecule has 1 nitrogen and oxygen atoms in total. The van der Waals surface area contributed by atoms with Gasteiger partial charge < -0.3 is 5.11 Å². The van der Waals surface area contributed by atoms with Crippen LogP contribution in [0.25, 0.3) is 10.1 Å². The molecule has 0 saturated heterocycles. The third-order valence-corrected chi connectivity index (χ3v) is 3.78. The van der Waals surface area contributed by atoms with Crippen LogP contribution in [0.2, 0.25) is 0 Å². The quantitative estimate of drug-likeness (QED) is 0.814. The molecule has 1 atom stereocenters. The first-order valence-electron chi connectivity index (χ1n) is 4.60. The van der Waals surface area contributed by atoms with Gasteiger partial charge in [0.05, 0.1) is 0 Å². The zero-order valence-electron chi connectivity index (χ0n) is 8.38.